The summed E-state index contributed by atoms with van der Waals surface area (Å²) in [7, 11) is 4.72. The average Bonchev–Trinajstić information content (AvgIpc) is 3.23. The molecule has 2 aromatic carbocycles. The average molecular weight is 380 g/mol. The smallest absolute Gasteiger partial charge is 0.289 e. The number of carbonyl (C=O) groups excluding carboxylic acids is 1. The Morgan fingerprint density at radius 3 is 2.57 bits per heavy atom. The molecule has 3 rings (SSSR count). The van der Waals surface area contributed by atoms with Gasteiger partial charge in [0.25, 0.3) is 5.91 Å². The van der Waals surface area contributed by atoms with E-state index in [0.717, 1.165) is 5.56 Å². The van der Waals surface area contributed by atoms with E-state index in [-0.39, 0.29) is 5.69 Å². The van der Waals surface area contributed by atoms with Crippen LogP contribution in [0.15, 0.2) is 53.6 Å². The number of benzene rings is 2. The van der Waals surface area contributed by atoms with Gasteiger partial charge < -0.3 is 14.2 Å². The van der Waals surface area contributed by atoms with E-state index in [0.29, 0.717) is 28.5 Å². The van der Waals surface area contributed by atoms with Crippen molar-refractivity contribution in [3.05, 3.63) is 59.8 Å². The molecule has 0 bridgehead atoms. The van der Waals surface area contributed by atoms with Crippen LogP contribution in [0.5, 0.6) is 17.2 Å². The van der Waals surface area contributed by atoms with Crippen molar-refractivity contribution in [2.24, 2.45) is 5.10 Å². The van der Waals surface area contributed by atoms with E-state index in [1.807, 2.05) is 24.3 Å². The molecule has 1 heterocycles. The van der Waals surface area contributed by atoms with Crippen molar-refractivity contribution < 1.29 is 19.0 Å². The lowest BCUT2D eigenvalue weighted by Crippen LogP contribution is -2.18. The summed E-state index contributed by atoms with van der Waals surface area (Å²) in [5.74, 6) is 1.51. The number of aromatic amines is 1. The number of hydrogen-bond donors (Lipinski definition) is 2. The molecule has 0 aliphatic carbocycles. The van der Waals surface area contributed by atoms with Gasteiger partial charge in [-0.05, 0) is 36.4 Å². The van der Waals surface area contributed by atoms with Crippen LogP contribution >= 0.6 is 0 Å². The molecule has 144 valence electrons. The number of amides is 1. The van der Waals surface area contributed by atoms with Crippen molar-refractivity contribution in [3.63, 3.8) is 0 Å². The summed E-state index contributed by atoms with van der Waals surface area (Å²) in [4.78, 5) is 12.3. The summed E-state index contributed by atoms with van der Waals surface area (Å²) in [6.45, 7) is 0. The zero-order chi connectivity index (χ0) is 19.9. The van der Waals surface area contributed by atoms with Gasteiger partial charge >= 0.3 is 0 Å². The number of carbonyl (C=O) groups is 1. The number of hydrogen-bond acceptors (Lipinski definition) is 6. The minimum atomic E-state index is -0.424. The second-order valence-electron chi connectivity index (χ2n) is 5.67. The minimum absolute atomic E-state index is 0.261. The molecule has 8 heteroatoms. The fourth-order valence-electron chi connectivity index (χ4n) is 2.58. The van der Waals surface area contributed by atoms with Gasteiger partial charge in [-0.2, -0.15) is 10.2 Å². The molecule has 28 heavy (non-hydrogen) atoms. The Morgan fingerprint density at radius 1 is 1.04 bits per heavy atom. The van der Waals surface area contributed by atoms with Gasteiger partial charge in [-0.1, -0.05) is 12.1 Å². The van der Waals surface area contributed by atoms with Gasteiger partial charge in [0, 0.05) is 11.1 Å². The molecule has 0 fully saturated rings. The minimum Gasteiger partial charge on any atom is -0.497 e. The predicted octanol–water partition coefficient (Wildman–Crippen LogP) is 2.87. The normalized spacial score (nSPS) is 10.7. The molecule has 0 radical (unpaired) electrons. The zero-order valence-corrected chi connectivity index (χ0v) is 15.7. The van der Waals surface area contributed by atoms with Crippen LogP contribution in [0.25, 0.3) is 11.3 Å². The summed E-state index contributed by atoms with van der Waals surface area (Å²) in [5, 5.41) is 10.9. The number of nitrogens with one attached hydrogen (secondary N) is 2. The molecule has 1 aromatic heterocycles. The maximum Gasteiger partial charge on any atom is 0.289 e. The summed E-state index contributed by atoms with van der Waals surface area (Å²) in [5.41, 5.74) is 4.72. The van der Waals surface area contributed by atoms with Gasteiger partial charge in [-0.3, -0.25) is 9.89 Å². The number of hydrazone groups is 1. The van der Waals surface area contributed by atoms with Crippen LogP contribution in [0.1, 0.15) is 16.1 Å². The van der Waals surface area contributed by atoms with Crippen LogP contribution in [0.2, 0.25) is 0 Å². The second kappa shape index (κ2) is 8.72. The summed E-state index contributed by atoms with van der Waals surface area (Å²) in [6.07, 6.45) is 1.51. The lowest BCUT2D eigenvalue weighted by Gasteiger charge is -2.08. The molecule has 8 nitrogen and oxygen atoms in total. The monoisotopic (exact) mass is 380 g/mol. The van der Waals surface area contributed by atoms with Crippen LogP contribution in [0, 0.1) is 0 Å². The third kappa shape index (κ3) is 4.12. The summed E-state index contributed by atoms with van der Waals surface area (Å²) >= 11 is 0. The van der Waals surface area contributed by atoms with Crippen molar-refractivity contribution in [2.45, 2.75) is 0 Å². The first-order valence-corrected chi connectivity index (χ1v) is 8.40. The molecule has 1 amide bonds. The van der Waals surface area contributed by atoms with E-state index in [1.165, 1.54) is 6.21 Å². The van der Waals surface area contributed by atoms with Gasteiger partial charge in [-0.15, -0.1) is 0 Å². The first kappa shape index (κ1) is 19.0. The number of para-hydroxylation sites is 1. The molecule has 0 saturated carbocycles. The topological polar surface area (TPSA) is 97.8 Å². The van der Waals surface area contributed by atoms with E-state index in [2.05, 4.69) is 20.7 Å². The van der Waals surface area contributed by atoms with Crippen LogP contribution < -0.4 is 19.6 Å². The molecule has 0 aliphatic rings. The number of nitrogens with zero attached hydrogens (tertiary/aromatic N) is 2. The first-order chi connectivity index (χ1) is 13.7. The highest BCUT2D eigenvalue weighted by atomic mass is 16.5. The predicted molar refractivity (Wildman–Crippen MR) is 105 cm³/mol. The van der Waals surface area contributed by atoms with Gasteiger partial charge in [0.2, 0.25) is 0 Å². The van der Waals surface area contributed by atoms with Crippen molar-refractivity contribution in [1.82, 2.24) is 15.6 Å². The van der Waals surface area contributed by atoms with E-state index in [4.69, 9.17) is 14.2 Å². The maximum absolute atomic E-state index is 12.3. The second-order valence-corrected chi connectivity index (χ2v) is 5.67. The molecule has 3 aromatic rings. The highest BCUT2D eigenvalue weighted by Gasteiger charge is 2.14. The Morgan fingerprint density at radius 2 is 1.82 bits per heavy atom. The molecule has 0 spiro atoms. The van der Waals surface area contributed by atoms with Crippen molar-refractivity contribution in [3.8, 4) is 28.5 Å². The number of H-pyrrole nitrogens is 1. The zero-order valence-electron chi connectivity index (χ0n) is 15.7. The fourth-order valence-corrected chi connectivity index (χ4v) is 2.58. The summed E-state index contributed by atoms with van der Waals surface area (Å²) in [6, 6.07) is 14.3. The molecule has 0 saturated heterocycles. The Hall–Kier alpha value is -3.81. The molecule has 0 aliphatic heterocycles. The molecule has 0 atom stereocenters. The van der Waals surface area contributed by atoms with E-state index < -0.39 is 5.91 Å². The van der Waals surface area contributed by atoms with Crippen molar-refractivity contribution in [2.75, 3.05) is 21.3 Å². The van der Waals surface area contributed by atoms with Gasteiger partial charge in [0.1, 0.15) is 22.9 Å². The Labute approximate surface area is 162 Å². The third-order valence-corrected chi connectivity index (χ3v) is 4.01. The largest absolute Gasteiger partial charge is 0.497 e. The van der Waals surface area contributed by atoms with E-state index >= 15 is 0 Å². The Kier molecular flexibility index (Phi) is 5.91. The quantitative estimate of drug-likeness (QED) is 0.485. The highest BCUT2D eigenvalue weighted by Crippen LogP contribution is 2.32. The van der Waals surface area contributed by atoms with Crippen LogP contribution in [0.3, 0.4) is 0 Å². The number of methoxy groups -OCH3 is 3. The lowest BCUT2D eigenvalue weighted by atomic mass is 10.1. The third-order valence-electron chi connectivity index (χ3n) is 4.01. The van der Waals surface area contributed by atoms with Crippen LogP contribution in [-0.4, -0.2) is 43.6 Å². The number of rotatable bonds is 7. The first-order valence-electron chi connectivity index (χ1n) is 8.40. The Balaban J connectivity index is 1.75. The van der Waals surface area contributed by atoms with Crippen molar-refractivity contribution in [1.29, 1.82) is 0 Å². The number of ether oxygens (including phenoxy) is 3. The van der Waals surface area contributed by atoms with Gasteiger partial charge in [0.05, 0.1) is 33.2 Å². The summed E-state index contributed by atoms with van der Waals surface area (Å²) < 4.78 is 15.8. The molecule has 0 unspecified atom stereocenters. The fraction of sp³-hybridized carbons (Fsp3) is 0.150. The molecular weight excluding hydrogens is 360 g/mol. The van der Waals surface area contributed by atoms with Crippen LogP contribution in [-0.2, 0) is 0 Å². The lowest BCUT2D eigenvalue weighted by molar-refractivity contribution is 0.0950. The van der Waals surface area contributed by atoms with E-state index in [9.17, 15) is 4.79 Å². The van der Waals surface area contributed by atoms with Gasteiger partial charge in [0.15, 0.2) is 0 Å². The SMILES string of the molecule is COc1ccc(OC)c(-c2cc(C(=O)NN=Cc3ccccc3OC)[nH]n2)c1. The maximum atomic E-state index is 12.3. The molecular formula is C20H20N4O4. The van der Waals surface area contributed by atoms with Crippen molar-refractivity contribution >= 4 is 12.1 Å². The standard InChI is InChI=1S/C20H20N4O4/c1-26-14-8-9-19(28-3)15(10-14)16-11-17(23-22-16)20(25)24-21-12-13-6-4-5-7-18(13)27-2/h4-12H,1-3H3,(H,22,23)(H,24,25). The highest BCUT2D eigenvalue weighted by molar-refractivity contribution is 5.94. The Bertz CT molecular complexity index is 997. The van der Waals surface area contributed by atoms with E-state index in [1.54, 1.807) is 45.6 Å². The number of aromatic nitrogens is 2. The van der Waals surface area contributed by atoms with Gasteiger partial charge in [-0.25, -0.2) is 5.43 Å². The van der Waals surface area contributed by atoms with Crippen LogP contribution in [0.4, 0.5) is 0 Å². The molecule has 2 N–H and O–H groups in total.